The molecule has 1 aromatic rings. The van der Waals surface area contributed by atoms with E-state index in [4.69, 9.17) is 0 Å². The summed E-state index contributed by atoms with van der Waals surface area (Å²) >= 11 is 0. The predicted molar refractivity (Wildman–Crippen MR) is 111 cm³/mol. The van der Waals surface area contributed by atoms with E-state index in [2.05, 4.69) is 23.1 Å². The SMILES string of the molecule is CS(=O)(=O)CCN1C(=O)CC[C@]12CCCN(Cc1ccc3c(c1)CCC3)CC2. The zero-order chi connectivity index (χ0) is 19.8. The molecule has 1 amide bonds. The van der Waals surface area contributed by atoms with Crippen molar-refractivity contribution in [1.29, 1.82) is 0 Å². The van der Waals surface area contributed by atoms with Crippen LogP contribution in [0.15, 0.2) is 18.2 Å². The van der Waals surface area contributed by atoms with E-state index < -0.39 is 9.84 Å². The van der Waals surface area contributed by atoms with Gasteiger partial charge in [0, 0.05) is 37.8 Å². The molecular formula is C22H32N2O3S. The van der Waals surface area contributed by atoms with E-state index in [1.807, 2.05) is 4.90 Å². The van der Waals surface area contributed by atoms with Gasteiger partial charge in [-0.1, -0.05) is 18.2 Å². The van der Waals surface area contributed by atoms with E-state index in [0.717, 1.165) is 45.3 Å². The third-order valence-corrected chi connectivity index (χ3v) is 7.87. The summed E-state index contributed by atoms with van der Waals surface area (Å²) in [4.78, 5) is 16.9. The number of hydrogen-bond donors (Lipinski definition) is 0. The summed E-state index contributed by atoms with van der Waals surface area (Å²) in [6.45, 7) is 3.34. The first-order valence-corrected chi connectivity index (χ1v) is 12.7. The Kier molecular flexibility index (Phi) is 5.53. The van der Waals surface area contributed by atoms with E-state index in [-0.39, 0.29) is 17.2 Å². The van der Waals surface area contributed by atoms with Gasteiger partial charge in [0.1, 0.15) is 9.84 Å². The highest BCUT2D eigenvalue weighted by Gasteiger charge is 2.45. The van der Waals surface area contributed by atoms with E-state index >= 15 is 0 Å². The molecule has 1 aromatic carbocycles. The monoisotopic (exact) mass is 404 g/mol. The smallest absolute Gasteiger partial charge is 0.223 e. The van der Waals surface area contributed by atoms with Crippen LogP contribution in [0.4, 0.5) is 0 Å². The van der Waals surface area contributed by atoms with Crippen LogP contribution >= 0.6 is 0 Å². The molecule has 1 spiro atoms. The van der Waals surface area contributed by atoms with Crippen LogP contribution in [0.25, 0.3) is 0 Å². The topological polar surface area (TPSA) is 57.7 Å². The largest absolute Gasteiger partial charge is 0.336 e. The molecule has 6 heteroatoms. The minimum absolute atomic E-state index is 0.0688. The molecule has 0 saturated carbocycles. The number of hydrogen-bond acceptors (Lipinski definition) is 4. The van der Waals surface area contributed by atoms with Crippen LogP contribution in [0.1, 0.15) is 55.2 Å². The van der Waals surface area contributed by atoms with Crippen LogP contribution in [0.3, 0.4) is 0 Å². The molecule has 2 aliphatic heterocycles. The number of aryl methyl sites for hydroxylation is 2. The first kappa shape index (κ1) is 19.9. The number of benzene rings is 1. The number of rotatable bonds is 5. The fourth-order valence-electron chi connectivity index (χ4n) is 5.39. The highest BCUT2D eigenvalue weighted by Crippen LogP contribution is 2.39. The number of sulfone groups is 1. The van der Waals surface area contributed by atoms with E-state index in [0.29, 0.717) is 13.0 Å². The summed E-state index contributed by atoms with van der Waals surface area (Å²) in [5.41, 5.74) is 4.31. The Morgan fingerprint density at radius 2 is 1.82 bits per heavy atom. The average molecular weight is 405 g/mol. The molecular weight excluding hydrogens is 372 g/mol. The van der Waals surface area contributed by atoms with Gasteiger partial charge in [-0.25, -0.2) is 8.42 Å². The number of carbonyl (C=O) groups is 1. The van der Waals surface area contributed by atoms with Gasteiger partial charge in [0.15, 0.2) is 0 Å². The van der Waals surface area contributed by atoms with Gasteiger partial charge in [-0.3, -0.25) is 9.69 Å². The number of likely N-dealkylation sites (tertiary alicyclic amines) is 2. The van der Waals surface area contributed by atoms with Gasteiger partial charge in [0.2, 0.25) is 5.91 Å². The number of carbonyl (C=O) groups excluding carboxylic acids is 1. The molecule has 5 nitrogen and oxygen atoms in total. The van der Waals surface area contributed by atoms with Gasteiger partial charge < -0.3 is 4.90 Å². The number of amides is 1. The molecule has 0 N–H and O–H groups in total. The maximum atomic E-state index is 12.5. The average Bonchev–Trinajstić information content (AvgIpc) is 3.15. The van der Waals surface area contributed by atoms with Gasteiger partial charge in [-0.2, -0.15) is 0 Å². The second-order valence-electron chi connectivity index (χ2n) is 8.99. The van der Waals surface area contributed by atoms with Crippen molar-refractivity contribution in [2.24, 2.45) is 0 Å². The minimum Gasteiger partial charge on any atom is -0.336 e. The molecule has 2 saturated heterocycles. The number of fused-ring (bicyclic) bond motifs is 1. The fourth-order valence-corrected chi connectivity index (χ4v) is 5.90. The third kappa shape index (κ3) is 4.28. The van der Waals surface area contributed by atoms with Gasteiger partial charge >= 0.3 is 0 Å². The molecule has 0 bridgehead atoms. The standard InChI is InChI=1S/C22H32N2O3S/c1-28(26,27)15-14-24-21(25)8-10-22(24)9-3-12-23(13-11-22)17-18-6-7-19-4-2-5-20(19)16-18/h6-7,16H,2-5,8-15,17H2,1H3/t22-/m0/s1. The van der Waals surface area contributed by atoms with Crippen molar-refractivity contribution in [3.8, 4) is 0 Å². The highest BCUT2D eigenvalue weighted by atomic mass is 32.2. The zero-order valence-electron chi connectivity index (χ0n) is 17.0. The summed E-state index contributed by atoms with van der Waals surface area (Å²) in [7, 11) is -3.06. The molecule has 0 aromatic heterocycles. The number of nitrogens with zero attached hydrogens (tertiary/aromatic N) is 2. The van der Waals surface area contributed by atoms with Crippen LogP contribution < -0.4 is 0 Å². The summed E-state index contributed by atoms with van der Waals surface area (Å²) in [6.07, 6.45) is 9.41. The van der Waals surface area contributed by atoms with Crippen molar-refractivity contribution in [2.45, 2.75) is 63.5 Å². The Labute approximate surface area is 169 Å². The summed E-state index contributed by atoms with van der Waals surface area (Å²) in [6, 6.07) is 6.97. The lowest BCUT2D eigenvalue weighted by atomic mass is 9.88. The Balaban J connectivity index is 1.41. The normalized spacial score (nSPS) is 26.0. The molecule has 0 radical (unpaired) electrons. The van der Waals surface area contributed by atoms with Gasteiger partial charge in [-0.15, -0.1) is 0 Å². The fraction of sp³-hybridized carbons (Fsp3) is 0.682. The van der Waals surface area contributed by atoms with Crippen molar-refractivity contribution in [1.82, 2.24) is 9.80 Å². The van der Waals surface area contributed by atoms with E-state index in [1.165, 1.54) is 42.2 Å². The predicted octanol–water partition coefficient (Wildman–Crippen LogP) is 2.57. The van der Waals surface area contributed by atoms with Crippen molar-refractivity contribution in [3.63, 3.8) is 0 Å². The highest BCUT2D eigenvalue weighted by molar-refractivity contribution is 7.90. The summed E-state index contributed by atoms with van der Waals surface area (Å²) in [5, 5.41) is 0. The molecule has 0 unspecified atom stereocenters. The Morgan fingerprint density at radius 1 is 1.00 bits per heavy atom. The maximum absolute atomic E-state index is 12.5. The minimum atomic E-state index is -3.06. The van der Waals surface area contributed by atoms with Crippen molar-refractivity contribution >= 4 is 15.7 Å². The maximum Gasteiger partial charge on any atom is 0.223 e. The molecule has 28 heavy (non-hydrogen) atoms. The van der Waals surface area contributed by atoms with Gasteiger partial charge in [0.25, 0.3) is 0 Å². The summed E-state index contributed by atoms with van der Waals surface area (Å²) < 4.78 is 23.2. The van der Waals surface area contributed by atoms with Crippen LogP contribution in [-0.4, -0.2) is 61.3 Å². The van der Waals surface area contributed by atoms with Gasteiger partial charge in [0.05, 0.1) is 5.75 Å². The molecule has 1 atom stereocenters. The quantitative estimate of drug-likeness (QED) is 0.757. The second kappa shape index (κ2) is 7.79. The van der Waals surface area contributed by atoms with Crippen LogP contribution in [-0.2, 0) is 34.0 Å². The molecule has 1 aliphatic carbocycles. The van der Waals surface area contributed by atoms with Crippen molar-refractivity contribution < 1.29 is 13.2 Å². The molecule has 2 heterocycles. The van der Waals surface area contributed by atoms with E-state index in [1.54, 1.807) is 0 Å². The first-order valence-electron chi connectivity index (χ1n) is 10.7. The first-order chi connectivity index (χ1) is 13.3. The summed E-state index contributed by atoms with van der Waals surface area (Å²) in [5.74, 6) is 0.204. The Bertz CT molecular complexity index is 851. The third-order valence-electron chi connectivity index (χ3n) is 6.94. The van der Waals surface area contributed by atoms with Crippen LogP contribution in [0.5, 0.6) is 0 Å². The molecule has 3 aliphatic rings. The van der Waals surface area contributed by atoms with Crippen molar-refractivity contribution in [3.05, 3.63) is 34.9 Å². The van der Waals surface area contributed by atoms with Crippen molar-refractivity contribution in [2.75, 3.05) is 31.6 Å². The Hall–Kier alpha value is -1.40. The zero-order valence-corrected chi connectivity index (χ0v) is 17.8. The Morgan fingerprint density at radius 3 is 2.64 bits per heavy atom. The molecule has 4 rings (SSSR count). The lowest BCUT2D eigenvalue weighted by Crippen LogP contribution is -2.48. The second-order valence-corrected chi connectivity index (χ2v) is 11.2. The lowest BCUT2D eigenvalue weighted by Gasteiger charge is -2.38. The van der Waals surface area contributed by atoms with E-state index in [9.17, 15) is 13.2 Å². The molecule has 154 valence electrons. The molecule has 2 fully saturated rings. The van der Waals surface area contributed by atoms with Gasteiger partial charge in [-0.05, 0) is 68.2 Å². The van der Waals surface area contributed by atoms with Crippen LogP contribution in [0.2, 0.25) is 0 Å². The van der Waals surface area contributed by atoms with Crippen LogP contribution in [0, 0.1) is 0 Å². The lowest BCUT2D eigenvalue weighted by molar-refractivity contribution is -0.131.